The van der Waals surface area contributed by atoms with Gasteiger partial charge in [0.15, 0.2) is 0 Å². The van der Waals surface area contributed by atoms with Crippen molar-refractivity contribution in [1.29, 1.82) is 0 Å². The van der Waals surface area contributed by atoms with Gasteiger partial charge in [-0.3, -0.25) is 9.48 Å². The number of aromatic nitrogens is 2. The fraction of sp³-hybridized carbons (Fsp3) is 0.412. The summed E-state index contributed by atoms with van der Waals surface area (Å²) in [5.74, 6) is 0.587. The molecule has 116 valence electrons. The third-order valence-corrected chi connectivity index (χ3v) is 4.38. The van der Waals surface area contributed by atoms with Crippen molar-refractivity contribution >= 4 is 23.2 Å². The van der Waals surface area contributed by atoms with E-state index in [1.165, 1.54) is 12.0 Å². The molecule has 2 aromatic rings. The predicted molar refractivity (Wildman–Crippen MR) is 88.2 cm³/mol. The van der Waals surface area contributed by atoms with Crippen molar-refractivity contribution in [3.63, 3.8) is 0 Å². The summed E-state index contributed by atoms with van der Waals surface area (Å²) in [5.41, 5.74) is 4.12. The molecule has 22 heavy (non-hydrogen) atoms. The van der Waals surface area contributed by atoms with Crippen LogP contribution < -0.4 is 5.32 Å². The van der Waals surface area contributed by atoms with Crippen LogP contribution in [0.3, 0.4) is 0 Å². The van der Waals surface area contributed by atoms with E-state index in [0.717, 1.165) is 24.1 Å². The number of aryl methyl sites for hydroxylation is 2. The number of fused-ring (bicyclic) bond motifs is 1. The fourth-order valence-electron chi connectivity index (χ4n) is 2.88. The minimum absolute atomic E-state index is 0.112. The van der Waals surface area contributed by atoms with Gasteiger partial charge in [-0.15, -0.1) is 0 Å². The second kappa shape index (κ2) is 6.13. The number of hydrogen-bond donors (Lipinski definition) is 1. The van der Waals surface area contributed by atoms with Crippen molar-refractivity contribution in [3.05, 3.63) is 46.2 Å². The van der Waals surface area contributed by atoms with Gasteiger partial charge in [0.1, 0.15) is 6.54 Å². The average molecular weight is 318 g/mol. The molecule has 0 saturated heterocycles. The van der Waals surface area contributed by atoms with E-state index in [9.17, 15) is 4.79 Å². The fourth-order valence-corrected chi connectivity index (χ4v) is 3.17. The van der Waals surface area contributed by atoms with Gasteiger partial charge in [0.05, 0.1) is 16.4 Å². The maximum atomic E-state index is 12.2. The Bertz CT molecular complexity index is 708. The van der Waals surface area contributed by atoms with Gasteiger partial charge in [-0.2, -0.15) is 5.10 Å². The molecule has 0 unspecified atom stereocenters. The van der Waals surface area contributed by atoms with Crippen molar-refractivity contribution in [2.24, 2.45) is 5.92 Å². The molecular formula is C17H20ClN3O. The number of halogens is 1. The van der Waals surface area contributed by atoms with Crippen LogP contribution in [0.5, 0.6) is 0 Å². The number of nitrogens with zero attached hydrogens (tertiary/aromatic N) is 2. The summed E-state index contributed by atoms with van der Waals surface area (Å²) < 4.78 is 1.74. The van der Waals surface area contributed by atoms with Gasteiger partial charge in [0.25, 0.3) is 0 Å². The Hall–Kier alpha value is -1.81. The summed E-state index contributed by atoms with van der Waals surface area (Å²) in [5, 5.41) is 7.93. The highest BCUT2D eigenvalue weighted by Crippen LogP contribution is 2.24. The molecule has 0 aliphatic heterocycles. The molecule has 1 amide bonds. The van der Waals surface area contributed by atoms with E-state index in [0.29, 0.717) is 16.6 Å². The van der Waals surface area contributed by atoms with E-state index < -0.39 is 0 Å². The van der Waals surface area contributed by atoms with Crippen LogP contribution in [0, 0.1) is 12.8 Å². The Labute approximate surface area is 135 Å². The first kappa shape index (κ1) is 15.1. The number of anilines is 1. The van der Waals surface area contributed by atoms with Crippen LogP contribution in [0.1, 0.15) is 30.2 Å². The lowest BCUT2D eigenvalue weighted by Gasteiger charge is -2.15. The van der Waals surface area contributed by atoms with Gasteiger partial charge in [-0.05, 0) is 55.4 Å². The standard InChI is InChI=1S/C17H20ClN3O/c1-11-3-5-15-13(7-11)9-21(20-15)10-17(22)19-16-6-4-12(2)8-14(16)18/h4,6,8-9,11H,3,5,7,10H2,1-2H3,(H,19,22)/t11-/m1/s1. The average Bonchev–Trinajstić information content (AvgIpc) is 2.83. The molecule has 3 rings (SSSR count). The molecule has 1 aromatic heterocycles. The first-order valence-electron chi connectivity index (χ1n) is 7.62. The van der Waals surface area contributed by atoms with Crippen LogP contribution in [-0.2, 0) is 24.2 Å². The van der Waals surface area contributed by atoms with Crippen LogP contribution in [0.4, 0.5) is 5.69 Å². The molecule has 1 atom stereocenters. The minimum Gasteiger partial charge on any atom is -0.323 e. The Morgan fingerprint density at radius 1 is 1.50 bits per heavy atom. The summed E-state index contributed by atoms with van der Waals surface area (Å²) in [7, 11) is 0. The van der Waals surface area contributed by atoms with Crippen LogP contribution in [0.2, 0.25) is 5.02 Å². The van der Waals surface area contributed by atoms with Gasteiger partial charge in [0.2, 0.25) is 5.91 Å². The molecule has 1 aliphatic carbocycles. The van der Waals surface area contributed by atoms with Gasteiger partial charge >= 0.3 is 0 Å². The summed E-state index contributed by atoms with van der Waals surface area (Å²) in [6.07, 6.45) is 5.24. The van der Waals surface area contributed by atoms with Gasteiger partial charge < -0.3 is 5.32 Å². The molecule has 0 bridgehead atoms. The van der Waals surface area contributed by atoms with Crippen LogP contribution >= 0.6 is 11.6 Å². The number of amides is 1. The van der Waals surface area contributed by atoms with E-state index in [2.05, 4.69) is 17.3 Å². The van der Waals surface area contributed by atoms with Crippen molar-refractivity contribution in [2.45, 2.75) is 39.7 Å². The number of nitrogens with one attached hydrogen (secondary N) is 1. The Morgan fingerprint density at radius 2 is 2.32 bits per heavy atom. The lowest BCUT2D eigenvalue weighted by atomic mass is 9.89. The SMILES string of the molecule is Cc1ccc(NC(=O)Cn2cc3c(n2)CC[C@@H](C)C3)c(Cl)c1. The molecule has 1 aromatic carbocycles. The minimum atomic E-state index is -0.112. The van der Waals surface area contributed by atoms with E-state index >= 15 is 0 Å². The van der Waals surface area contributed by atoms with Gasteiger partial charge in [0, 0.05) is 6.20 Å². The summed E-state index contributed by atoms with van der Waals surface area (Å²) in [6.45, 7) is 4.44. The lowest BCUT2D eigenvalue weighted by Crippen LogP contribution is -2.19. The third kappa shape index (κ3) is 3.33. The van der Waals surface area contributed by atoms with Crippen molar-refractivity contribution in [1.82, 2.24) is 9.78 Å². The summed E-state index contributed by atoms with van der Waals surface area (Å²) >= 11 is 6.14. The summed E-state index contributed by atoms with van der Waals surface area (Å²) in [4.78, 5) is 12.2. The molecule has 0 fully saturated rings. The quantitative estimate of drug-likeness (QED) is 0.940. The van der Waals surface area contributed by atoms with E-state index in [1.807, 2.05) is 31.3 Å². The molecule has 0 saturated carbocycles. The molecule has 0 radical (unpaired) electrons. The molecule has 5 heteroatoms. The zero-order valence-electron chi connectivity index (χ0n) is 12.9. The first-order valence-corrected chi connectivity index (χ1v) is 8.00. The maximum absolute atomic E-state index is 12.2. The molecule has 4 nitrogen and oxygen atoms in total. The van der Waals surface area contributed by atoms with Crippen LogP contribution in [-0.4, -0.2) is 15.7 Å². The summed E-state index contributed by atoms with van der Waals surface area (Å²) in [6, 6.07) is 5.59. The third-order valence-electron chi connectivity index (χ3n) is 4.07. The zero-order valence-corrected chi connectivity index (χ0v) is 13.7. The number of benzene rings is 1. The molecule has 0 spiro atoms. The lowest BCUT2D eigenvalue weighted by molar-refractivity contribution is -0.116. The number of carbonyl (C=O) groups is 1. The van der Waals surface area contributed by atoms with E-state index in [1.54, 1.807) is 4.68 Å². The topological polar surface area (TPSA) is 46.9 Å². The van der Waals surface area contributed by atoms with Crippen LogP contribution in [0.15, 0.2) is 24.4 Å². The van der Waals surface area contributed by atoms with Crippen LogP contribution in [0.25, 0.3) is 0 Å². The predicted octanol–water partition coefficient (Wildman–Crippen LogP) is 3.61. The van der Waals surface area contributed by atoms with Gasteiger partial charge in [-0.25, -0.2) is 0 Å². The molecule has 1 heterocycles. The molecular weight excluding hydrogens is 298 g/mol. The highest BCUT2D eigenvalue weighted by atomic mass is 35.5. The smallest absolute Gasteiger partial charge is 0.246 e. The second-order valence-corrected chi connectivity index (χ2v) is 6.59. The van der Waals surface area contributed by atoms with Crippen molar-refractivity contribution < 1.29 is 4.79 Å². The Kier molecular flexibility index (Phi) is 4.21. The maximum Gasteiger partial charge on any atom is 0.246 e. The number of carbonyl (C=O) groups excluding carboxylic acids is 1. The highest BCUT2D eigenvalue weighted by molar-refractivity contribution is 6.33. The largest absolute Gasteiger partial charge is 0.323 e. The Balaban J connectivity index is 1.67. The number of hydrogen-bond acceptors (Lipinski definition) is 2. The second-order valence-electron chi connectivity index (χ2n) is 6.18. The van der Waals surface area contributed by atoms with E-state index in [4.69, 9.17) is 11.6 Å². The molecule has 1 N–H and O–H groups in total. The first-order chi connectivity index (χ1) is 10.5. The van der Waals surface area contributed by atoms with Crippen molar-refractivity contribution in [3.8, 4) is 0 Å². The highest BCUT2D eigenvalue weighted by Gasteiger charge is 2.19. The van der Waals surface area contributed by atoms with E-state index in [-0.39, 0.29) is 12.5 Å². The zero-order chi connectivity index (χ0) is 15.7. The van der Waals surface area contributed by atoms with Crippen molar-refractivity contribution in [2.75, 3.05) is 5.32 Å². The Morgan fingerprint density at radius 3 is 3.09 bits per heavy atom. The monoisotopic (exact) mass is 317 g/mol. The molecule has 1 aliphatic rings. The normalized spacial score (nSPS) is 17.1. The number of rotatable bonds is 3. The van der Waals surface area contributed by atoms with Gasteiger partial charge in [-0.1, -0.05) is 24.6 Å².